The maximum Gasteiger partial charge on any atom is 0.244 e. The van der Waals surface area contributed by atoms with Gasteiger partial charge >= 0.3 is 0 Å². The van der Waals surface area contributed by atoms with Crippen LogP contribution in [0.25, 0.3) is 0 Å². The highest BCUT2D eigenvalue weighted by Crippen LogP contribution is 2.20. The predicted molar refractivity (Wildman–Crippen MR) is 67.3 cm³/mol. The molecule has 0 spiro atoms. The van der Waals surface area contributed by atoms with Gasteiger partial charge in [0.2, 0.25) is 10.0 Å². The summed E-state index contributed by atoms with van der Waals surface area (Å²) < 4.78 is 40.0. The second kappa shape index (κ2) is 4.77. The number of hydrogen-bond acceptors (Lipinski definition) is 2. The van der Waals surface area contributed by atoms with Gasteiger partial charge < -0.3 is 0 Å². The lowest BCUT2D eigenvalue weighted by atomic mass is 10.1. The summed E-state index contributed by atoms with van der Waals surface area (Å²) in [4.78, 5) is -0.427. The third-order valence-electron chi connectivity index (χ3n) is 1.93. The number of halogens is 2. The molecule has 6 heteroatoms. The zero-order valence-corrected chi connectivity index (χ0v) is 11.7. The lowest BCUT2D eigenvalue weighted by Gasteiger charge is -2.19. The second-order valence-corrected chi connectivity index (χ2v) is 6.52. The Hall–Kier alpha value is -0.900. The van der Waals surface area contributed by atoms with Crippen LogP contribution in [0.15, 0.2) is 27.6 Å². The third kappa shape index (κ3) is 3.53. The minimum atomic E-state index is -3.97. The van der Waals surface area contributed by atoms with E-state index in [4.69, 9.17) is 6.42 Å². The van der Waals surface area contributed by atoms with Gasteiger partial charge in [0, 0.05) is 4.47 Å². The quantitative estimate of drug-likeness (QED) is 0.869. The van der Waals surface area contributed by atoms with E-state index in [1.807, 2.05) is 0 Å². The topological polar surface area (TPSA) is 46.2 Å². The maximum atomic E-state index is 13.5. The first kappa shape index (κ1) is 14.2. The van der Waals surface area contributed by atoms with Gasteiger partial charge in [-0.05, 0) is 32.0 Å². The van der Waals surface area contributed by atoms with Crippen LogP contribution in [-0.4, -0.2) is 14.0 Å². The van der Waals surface area contributed by atoms with Crippen LogP contribution < -0.4 is 4.72 Å². The van der Waals surface area contributed by atoms with E-state index in [0.29, 0.717) is 4.47 Å². The molecule has 0 heterocycles. The summed E-state index contributed by atoms with van der Waals surface area (Å²) in [6.45, 7) is 3.03. The van der Waals surface area contributed by atoms with Crippen LogP contribution >= 0.6 is 15.9 Å². The molecular weight excluding hydrogens is 309 g/mol. The Labute approximate surface area is 109 Å². The Morgan fingerprint density at radius 2 is 2.06 bits per heavy atom. The largest absolute Gasteiger partial charge is 0.244 e. The van der Waals surface area contributed by atoms with E-state index in [1.165, 1.54) is 26.0 Å². The molecule has 0 saturated carbocycles. The zero-order chi connectivity index (χ0) is 13.3. The standard InChI is InChI=1S/C11H11BrFNO2S/c1-4-11(2,3)14-17(15,16)10-6-5-8(12)7-9(10)13/h1,5-7,14H,2-3H3. The average Bonchev–Trinajstić information content (AvgIpc) is 2.15. The number of sulfonamides is 1. The molecule has 0 fully saturated rings. The summed E-state index contributed by atoms with van der Waals surface area (Å²) in [6.07, 6.45) is 5.18. The first-order valence-corrected chi connectivity index (χ1v) is 6.92. The molecule has 0 aliphatic carbocycles. The van der Waals surface area contributed by atoms with Gasteiger partial charge in [-0.1, -0.05) is 21.9 Å². The van der Waals surface area contributed by atoms with E-state index in [1.54, 1.807) is 0 Å². The third-order valence-corrected chi connectivity index (χ3v) is 4.12. The number of benzene rings is 1. The van der Waals surface area contributed by atoms with Gasteiger partial charge in [0.1, 0.15) is 10.7 Å². The molecule has 0 aliphatic heterocycles. The Bertz CT molecular complexity index is 576. The summed E-state index contributed by atoms with van der Waals surface area (Å²) in [6, 6.07) is 3.70. The fourth-order valence-electron chi connectivity index (χ4n) is 1.11. The van der Waals surface area contributed by atoms with E-state index in [0.717, 1.165) is 6.07 Å². The van der Waals surface area contributed by atoms with Gasteiger partial charge in [0.15, 0.2) is 0 Å². The van der Waals surface area contributed by atoms with Crippen LogP contribution in [0.1, 0.15) is 13.8 Å². The van der Waals surface area contributed by atoms with Crippen molar-refractivity contribution in [1.82, 2.24) is 4.72 Å². The van der Waals surface area contributed by atoms with Crippen LogP contribution in [0.3, 0.4) is 0 Å². The Morgan fingerprint density at radius 3 is 2.53 bits per heavy atom. The Balaban J connectivity index is 3.20. The van der Waals surface area contributed by atoms with Gasteiger partial charge in [-0.2, -0.15) is 4.72 Å². The van der Waals surface area contributed by atoms with Gasteiger partial charge in [-0.3, -0.25) is 0 Å². The molecule has 1 aromatic carbocycles. The SMILES string of the molecule is C#CC(C)(C)NS(=O)(=O)c1ccc(Br)cc1F. The van der Waals surface area contributed by atoms with Crippen molar-refractivity contribution < 1.29 is 12.8 Å². The van der Waals surface area contributed by atoms with Crippen molar-refractivity contribution in [1.29, 1.82) is 0 Å². The summed E-state index contributed by atoms with van der Waals surface area (Å²) >= 11 is 3.05. The van der Waals surface area contributed by atoms with E-state index in [-0.39, 0.29) is 0 Å². The van der Waals surface area contributed by atoms with Crippen molar-refractivity contribution in [3.05, 3.63) is 28.5 Å². The first-order valence-electron chi connectivity index (χ1n) is 4.65. The average molecular weight is 320 g/mol. The summed E-state index contributed by atoms with van der Waals surface area (Å²) in [5.74, 6) is 1.44. The van der Waals surface area contributed by atoms with Gasteiger partial charge in [0.25, 0.3) is 0 Å². The minimum absolute atomic E-state index is 0.427. The molecule has 0 bridgehead atoms. The van der Waals surface area contributed by atoms with Crippen molar-refractivity contribution in [2.24, 2.45) is 0 Å². The summed E-state index contributed by atoms with van der Waals surface area (Å²) in [5.41, 5.74) is -1.07. The van der Waals surface area contributed by atoms with Crippen LogP contribution in [0.4, 0.5) is 4.39 Å². The molecule has 0 radical (unpaired) electrons. The molecule has 1 aromatic rings. The molecule has 1 N–H and O–H groups in total. The molecule has 0 aromatic heterocycles. The smallest absolute Gasteiger partial charge is 0.207 e. The highest BCUT2D eigenvalue weighted by atomic mass is 79.9. The molecule has 0 saturated heterocycles. The molecule has 0 atom stereocenters. The van der Waals surface area contributed by atoms with Gasteiger partial charge in [0.05, 0.1) is 5.54 Å². The fourth-order valence-corrected chi connectivity index (χ4v) is 2.85. The first-order chi connectivity index (χ1) is 7.68. The van der Waals surface area contributed by atoms with E-state index in [2.05, 4.69) is 26.6 Å². The van der Waals surface area contributed by atoms with E-state index < -0.39 is 26.3 Å². The van der Waals surface area contributed by atoms with Crippen molar-refractivity contribution in [3.8, 4) is 12.3 Å². The predicted octanol–water partition coefficient (Wildman–Crippen LogP) is 2.28. The minimum Gasteiger partial charge on any atom is -0.207 e. The number of rotatable bonds is 3. The van der Waals surface area contributed by atoms with Crippen LogP contribution in [0, 0.1) is 18.2 Å². The molecule has 0 amide bonds. The zero-order valence-electron chi connectivity index (χ0n) is 9.29. The van der Waals surface area contributed by atoms with Crippen molar-refractivity contribution in [2.75, 3.05) is 0 Å². The number of nitrogens with one attached hydrogen (secondary N) is 1. The summed E-state index contributed by atoms with van der Waals surface area (Å²) in [7, 11) is -3.97. The van der Waals surface area contributed by atoms with Crippen LogP contribution in [-0.2, 0) is 10.0 Å². The van der Waals surface area contributed by atoms with Crippen LogP contribution in [0.2, 0.25) is 0 Å². The number of terminal acetylenes is 1. The molecule has 3 nitrogen and oxygen atoms in total. The molecular formula is C11H11BrFNO2S. The normalized spacial score (nSPS) is 12.2. The van der Waals surface area contributed by atoms with Crippen LogP contribution in [0.5, 0.6) is 0 Å². The maximum absolute atomic E-state index is 13.5. The van der Waals surface area contributed by atoms with Gasteiger partial charge in [-0.25, -0.2) is 12.8 Å². The summed E-state index contributed by atoms with van der Waals surface area (Å²) in [5, 5.41) is 0. The molecule has 1 rings (SSSR count). The van der Waals surface area contributed by atoms with Crippen molar-refractivity contribution in [2.45, 2.75) is 24.3 Å². The van der Waals surface area contributed by atoms with Gasteiger partial charge in [-0.15, -0.1) is 6.42 Å². The lowest BCUT2D eigenvalue weighted by Crippen LogP contribution is -2.42. The Morgan fingerprint density at radius 1 is 1.47 bits per heavy atom. The van der Waals surface area contributed by atoms with Crippen molar-refractivity contribution in [3.63, 3.8) is 0 Å². The Kier molecular flexibility index (Phi) is 3.97. The molecule has 17 heavy (non-hydrogen) atoms. The van der Waals surface area contributed by atoms with Crippen molar-refractivity contribution >= 4 is 26.0 Å². The second-order valence-electron chi connectivity index (χ2n) is 3.95. The molecule has 0 unspecified atom stereocenters. The molecule has 92 valence electrons. The highest BCUT2D eigenvalue weighted by Gasteiger charge is 2.26. The fraction of sp³-hybridized carbons (Fsp3) is 0.273. The lowest BCUT2D eigenvalue weighted by molar-refractivity contribution is 0.526. The monoisotopic (exact) mass is 319 g/mol. The van der Waals surface area contributed by atoms with E-state index >= 15 is 0 Å². The highest BCUT2D eigenvalue weighted by molar-refractivity contribution is 9.10. The number of hydrogen-bond donors (Lipinski definition) is 1. The molecule has 0 aliphatic rings. The van der Waals surface area contributed by atoms with E-state index in [9.17, 15) is 12.8 Å².